The van der Waals surface area contributed by atoms with E-state index in [-0.39, 0.29) is 0 Å². The lowest BCUT2D eigenvalue weighted by Gasteiger charge is -2.20. The smallest absolute Gasteiger partial charge is 0.101 e. The van der Waals surface area contributed by atoms with Crippen LogP contribution in [0, 0.1) is 18.3 Å². The Labute approximate surface area is 120 Å². The zero-order valence-electron chi connectivity index (χ0n) is 11.7. The zero-order valence-corrected chi connectivity index (χ0v) is 11.7. The van der Waals surface area contributed by atoms with Crippen LogP contribution in [0.25, 0.3) is 0 Å². The first-order valence-electron chi connectivity index (χ1n) is 7.16. The highest BCUT2D eigenvalue weighted by molar-refractivity contribution is 5.70. The van der Waals surface area contributed by atoms with Gasteiger partial charge in [0.2, 0.25) is 0 Å². The summed E-state index contributed by atoms with van der Waals surface area (Å²) in [6, 6.07) is 14.7. The quantitative estimate of drug-likeness (QED) is 0.865. The van der Waals surface area contributed by atoms with Crippen LogP contribution in [0.1, 0.15) is 35.1 Å². The Morgan fingerprint density at radius 3 is 2.75 bits per heavy atom. The zero-order chi connectivity index (χ0) is 13.9. The van der Waals surface area contributed by atoms with E-state index in [0.29, 0.717) is 5.56 Å². The fourth-order valence-corrected chi connectivity index (χ4v) is 2.90. The minimum absolute atomic E-state index is 0.707. The third-order valence-corrected chi connectivity index (χ3v) is 3.96. The van der Waals surface area contributed by atoms with Gasteiger partial charge in [0.25, 0.3) is 0 Å². The molecular weight excluding hydrogens is 244 g/mol. The van der Waals surface area contributed by atoms with Crippen molar-refractivity contribution in [2.24, 2.45) is 0 Å². The molecule has 0 unspecified atom stereocenters. The SMILES string of the molecule is Cc1ccc(Nc2cccc3c2CCCC3)c(C#N)c1. The van der Waals surface area contributed by atoms with E-state index >= 15 is 0 Å². The van der Waals surface area contributed by atoms with Crippen molar-refractivity contribution in [3.63, 3.8) is 0 Å². The molecule has 0 spiro atoms. The number of rotatable bonds is 2. The van der Waals surface area contributed by atoms with Crippen molar-refractivity contribution in [1.29, 1.82) is 5.26 Å². The molecule has 1 aliphatic carbocycles. The molecule has 0 aromatic heterocycles. The predicted molar refractivity (Wildman–Crippen MR) is 82.3 cm³/mol. The molecule has 0 heterocycles. The van der Waals surface area contributed by atoms with Gasteiger partial charge in [-0.25, -0.2) is 0 Å². The molecule has 2 nitrogen and oxygen atoms in total. The van der Waals surface area contributed by atoms with Crippen LogP contribution in [-0.4, -0.2) is 0 Å². The van der Waals surface area contributed by atoms with E-state index < -0.39 is 0 Å². The second kappa shape index (κ2) is 5.38. The Bertz CT molecular complexity index is 680. The number of aryl methyl sites for hydroxylation is 2. The van der Waals surface area contributed by atoms with Crippen LogP contribution in [-0.2, 0) is 12.8 Å². The average molecular weight is 262 g/mol. The van der Waals surface area contributed by atoms with Gasteiger partial charge in [0.05, 0.1) is 11.3 Å². The van der Waals surface area contributed by atoms with Gasteiger partial charge in [0.1, 0.15) is 6.07 Å². The molecule has 0 radical (unpaired) electrons. The van der Waals surface area contributed by atoms with Gasteiger partial charge in [-0.3, -0.25) is 0 Å². The third kappa shape index (κ3) is 2.40. The molecule has 0 fully saturated rings. The Morgan fingerprint density at radius 1 is 1.05 bits per heavy atom. The summed E-state index contributed by atoms with van der Waals surface area (Å²) in [6.07, 6.45) is 4.84. The monoisotopic (exact) mass is 262 g/mol. The van der Waals surface area contributed by atoms with Crippen molar-refractivity contribution in [2.45, 2.75) is 32.6 Å². The molecule has 20 heavy (non-hydrogen) atoms. The van der Waals surface area contributed by atoms with Gasteiger partial charge in [-0.2, -0.15) is 5.26 Å². The fraction of sp³-hybridized carbons (Fsp3) is 0.278. The maximum atomic E-state index is 9.27. The van der Waals surface area contributed by atoms with Crippen LogP contribution in [0.3, 0.4) is 0 Å². The summed E-state index contributed by atoms with van der Waals surface area (Å²) >= 11 is 0. The number of nitrogens with zero attached hydrogens (tertiary/aromatic N) is 1. The Hall–Kier alpha value is -2.27. The van der Waals surface area contributed by atoms with Crippen molar-refractivity contribution >= 4 is 11.4 Å². The Balaban J connectivity index is 1.98. The maximum Gasteiger partial charge on any atom is 0.101 e. The van der Waals surface area contributed by atoms with Crippen molar-refractivity contribution in [2.75, 3.05) is 5.32 Å². The van der Waals surface area contributed by atoms with Gasteiger partial charge in [-0.05, 0) is 67.5 Å². The second-order valence-corrected chi connectivity index (χ2v) is 5.44. The maximum absolute atomic E-state index is 9.27. The number of hydrogen-bond donors (Lipinski definition) is 1. The van der Waals surface area contributed by atoms with Crippen molar-refractivity contribution in [1.82, 2.24) is 0 Å². The number of fused-ring (bicyclic) bond motifs is 1. The molecule has 2 heteroatoms. The topological polar surface area (TPSA) is 35.8 Å². The molecule has 0 aliphatic heterocycles. The summed E-state index contributed by atoms with van der Waals surface area (Å²) in [6.45, 7) is 2.01. The van der Waals surface area contributed by atoms with E-state index in [9.17, 15) is 5.26 Å². The van der Waals surface area contributed by atoms with Gasteiger partial charge < -0.3 is 5.32 Å². The summed E-state index contributed by atoms with van der Waals surface area (Å²) in [5.74, 6) is 0. The second-order valence-electron chi connectivity index (χ2n) is 5.44. The first kappa shape index (κ1) is 12.7. The van der Waals surface area contributed by atoms with E-state index in [1.165, 1.54) is 30.4 Å². The first-order chi connectivity index (χ1) is 9.78. The third-order valence-electron chi connectivity index (χ3n) is 3.96. The standard InChI is InChI=1S/C18H18N2/c1-13-9-10-17(15(11-13)12-19)20-18-8-4-6-14-5-2-3-7-16(14)18/h4,6,8-11,20H,2-3,5,7H2,1H3. The lowest BCUT2D eigenvalue weighted by Crippen LogP contribution is -2.06. The normalized spacial score (nSPS) is 13.4. The molecule has 1 aliphatic rings. The Kier molecular flexibility index (Phi) is 3.43. The van der Waals surface area contributed by atoms with E-state index in [0.717, 1.165) is 23.4 Å². The number of nitriles is 1. The van der Waals surface area contributed by atoms with Gasteiger partial charge in [-0.15, -0.1) is 0 Å². The van der Waals surface area contributed by atoms with Crippen LogP contribution in [0.2, 0.25) is 0 Å². The molecule has 2 aromatic rings. The molecular formula is C18H18N2. The van der Waals surface area contributed by atoms with Gasteiger partial charge in [0.15, 0.2) is 0 Å². The fourth-order valence-electron chi connectivity index (χ4n) is 2.90. The molecule has 3 rings (SSSR count). The van der Waals surface area contributed by atoms with Crippen molar-refractivity contribution in [3.05, 3.63) is 58.7 Å². The molecule has 0 saturated carbocycles. The van der Waals surface area contributed by atoms with Crippen LogP contribution < -0.4 is 5.32 Å². The minimum atomic E-state index is 0.707. The summed E-state index contributed by atoms with van der Waals surface area (Å²) < 4.78 is 0. The number of anilines is 2. The largest absolute Gasteiger partial charge is 0.354 e. The molecule has 1 N–H and O–H groups in total. The molecule has 0 amide bonds. The van der Waals surface area contributed by atoms with E-state index in [4.69, 9.17) is 0 Å². The summed E-state index contributed by atoms with van der Waals surface area (Å²) in [5, 5.41) is 12.7. The molecule has 0 atom stereocenters. The molecule has 100 valence electrons. The number of hydrogen-bond acceptors (Lipinski definition) is 2. The summed E-state index contributed by atoms with van der Waals surface area (Å²) in [4.78, 5) is 0. The van der Waals surface area contributed by atoms with Gasteiger partial charge >= 0.3 is 0 Å². The van der Waals surface area contributed by atoms with Gasteiger partial charge in [0, 0.05) is 5.69 Å². The number of nitrogens with one attached hydrogen (secondary N) is 1. The van der Waals surface area contributed by atoms with E-state index in [1.54, 1.807) is 0 Å². The van der Waals surface area contributed by atoms with Crippen LogP contribution in [0.15, 0.2) is 36.4 Å². The molecule has 0 bridgehead atoms. The summed E-state index contributed by atoms with van der Waals surface area (Å²) in [7, 11) is 0. The highest BCUT2D eigenvalue weighted by Crippen LogP contribution is 2.31. The lowest BCUT2D eigenvalue weighted by atomic mass is 9.90. The minimum Gasteiger partial charge on any atom is -0.354 e. The summed E-state index contributed by atoms with van der Waals surface area (Å²) in [5.41, 5.74) is 6.75. The molecule has 2 aromatic carbocycles. The highest BCUT2D eigenvalue weighted by atomic mass is 14.9. The predicted octanol–water partition coefficient (Wildman–Crippen LogP) is 4.49. The lowest BCUT2D eigenvalue weighted by molar-refractivity contribution is 0.687. The highest BCUT2D eigenvalue weighted by Gasteiger charge is 2.13. The van der Waals surface area contributed by atoms with Crippen LogP contribution in [0.4, 0.5) is 11.4 Å². The van der Waals surface area contributed by atoms with Crippen LogP contribution >= 0.6 is 0 Å². The van der Waals surface area contributed by atoms with Crippen molar-refractivity contribution < 1.29 is 0 Å². The van der Waals surface area contributed by atoms with E-state index in [2.05, 4.69) is 29.6 Å². The number of benzene rings is 2. The van der Waals surface area contributed by atoms with Crippen molar-refractivity contribution in [3.8, 4) is 6.07 Å². The van der Waals surface area contributed by atoms with Crippen LogP contribution in [0.5, 0.6) is 0 Å². The molecule has 0 saturated heterocycles. The Morgan fingerprint density at radius 2 is 1.90 bits per heavy atom. The average Bonchev–Trinajstić information content (AvgIpc) is 2.49. The van der Waals surface area contributed by atoms with E-state index in [1.807, 2.05) is 25.1 Å². The first-order valence-corrected chi connectivity index (χ1v) is 7.16. The van der Waals surface area contributed by atoms with Gasteiger partial charge in [-0.1, -0.05) is 18.2 Å².